The minimum absolute atomic E-state index is 0.438. The predicted octanol–water partition coefficient (Wildman–Crippen LogP) is 0.483. The molecule has 0 rings (SSSR count). The minimum atomic E-state index is -1.04. The van der Waals surface area contributed by atoms with Crippen LogP contribution in [0.2, 0.25) is 0 Å². The van der Waals surface area contributed by atoms with Gasteiger partial charge in [-0.15, -0.1) is 0 Å². The van der Waals surface area contributed by atoms with Crippen molar-refractivity contribution in [2.75, 3.05) is 0 Å². The smallest absolute Gasteiger partial charge is 0.326 e. The van der Waals surface area contributed by atoms with Crippen LogP contribution in [0.15, 0.2) is 0 Å². The van der Waals surface area contributed by atoms with Gasteiger partial charge in [-0.25, -0.2) is 4.79 Å². The van der Waals surface area contributed by atoms with Gasteiger partial charge in [0.15, 0.2) is 0 Å². The van der Waals surface area contributed by atoms with Gasteiger partial charge in [0, 0.05) is 0 Å². The maximum Gasteiger partial charge on any atom is 0.326 e. The molecular weight excluding hydrogens is 196 g/mol. The summed E-state index contributed by atoms with van der Waals surface area (Å²) < 4.78 is 0. The van der Waals surface area contributed by atoms with E-state index in [9.17, 15) is 9.59 Å². The van der Waals surface area contributed by atoms with E-state index in [4.69, 9.17) is 10.8 Å². The number of nitrogens with two attached hydrogens (primary N) is 1. The zero-order chi connectivity index (χ0) is 12.1. The molecule has 0 aliphatic carbocycles. The Hall–Kier alpha value is -1.10. The first-order valence-corrected chi connectivity index (χ1v) is 5.11. The highest BCUT2D eigenvalue weighted by Gasteiger charge is 2.27. The number of rotatable bonds is 6. The molecule has 0 saturated carbocycles. The van der Waals surface area contributed by atoms with Crippen molar-refractivity contribution in [3.05, 3.63) is 0 Å². The number of carbonyl (C=O) groups is 2. The van der Waals surface area contributed by atoms with E-state index in [-0.39, 0.29) is 0 Å². The Morgan fingerprint density at radius 3 is 2.33 bits per heavy atom. The molecule has 1 atom stereocenters. The summed E-state index contributed by atoms with van der Waals surface area (Å²) in [5.41, 5.74) is 4.51. The fourth-order valence-corrected chi connectivity index (χ4v) is 1.01. The molecule has 0 saturated heterocycles. The SMILES string of the molecule is CCCC[C@H](NC(=O)C(C)(C)N)C(=O)O. The molecule has 0 bridgehead atoms. The molecule has 0 spiro atoms. The van der Waals surface area contributed by atoms with Crippen molar-refractivity contribution < 1.29 is 14.7 Å². The summed E-state index contributed by atoms with van der Waals surface area (Å²) in [7, 11) is 0. The van der Waals surface area contributed by atoms with Gasteiger partial charge in [0.05, 0.1) is 5.54 Å². The summed E-state index contributed by atoms with van der Waals surface area (Å²) in [4.78, 5) is 22.3. The average Bonchev–Trinajstić information content (AvgIpc) is 2.09. The first-order valence-electron chi connectivity index (χ1n) is 5.11. The van der Waals surface area contributed by atoms with Crippen LogP contribution in [0.3, 0.4) is 0 Å². The number of hydrogen-bond donors (Lipinski definition) is 3. The standard InChI is InChI=1S/C10H20N2O3/c1-4-5-6-7(8(13)14)12-9(15)10(2,3)11/h7H,4-6,11H2,1-3H3,(H,12,15)(H,13,14)/t7-/m0/s1. The van der Waals surface area contributed by atoms with Gasteiger partial charge in [-0.1, -0.05) is 19.8 Å². The third-order valence-electron chi connectivity index (χ3n) is 2.03. The number of amides is 1. The van der Waals surface area contributed by atoms with Crippen LogP contribution in [0, 0.1) is 0 Å². The van der Waals surface area contributed by atoms with Crippen LogP contribution in [0.25, 0.3) is 0 Å². The van der Waals surface area contributed by atoms with E-state index in [0.29, 0.717) is 6.42 Å². The van der Waals surface area contributed by atoms with Crippen LogP contribution in [-0.2, 0) is 9.59 Å². The molecule has 0 aromatic rings. The van der Waals surface area contributed by atoms with Crippen LogP contribution in [0.4, 0.5) is 0 Å². The first-order chi connectivity index (χ1) is 6.79. The topological polar surface area (TPSA) is 92.4 Å². The Balaban J connectivity index is 4.29. The molecule has 0 radical (unpaired) electrons. The van der Waals surface area contributed by atoms with Crippen LogP contribution in [0.5, 0.6) is 0 Å². The lowest BCUT2D eigenvalue weighted by Crippen LogP contribution is -2.53. The summed E-state index contributed by atoms with van der Waals surface area (Å²) in [6.45, 7) is 5.05. The van der Waals surface area contributed by atoms with E-state index in [2.05, 4.69) is 5.32 Å². The molecule has 88 valence electrons. The van der Waals surface area contributed by atoms with Gasteiger partial charge >= 0.3 is 5.97 Å². The highest BCUT2D eigenvalue weighted by atomic mass is 16.4. The van der Waals surface area contributed by atoms with Gasteiger partial charge in [0.1, 0.15) is 6.04 Å². The van der Waals surface area contributed by atoms with Gasteiger partial charge in [-0.3, -0.25) is 4.79 Å². The van der Waals surface area contributed by atoms with E-state index in [0.717, 1.165) is 12.8 Å². The Morgan fingerprint density at radius 1 is 1.47 bits per heavy atom. The molecular formula is C10H20N2O3. The van der Waals surface area contributed by atoms with E-state index in [1.165, 1.54) is 0 Å². The summed E-state index contributed by atoms with van der Waals surface area (Å²) in [5, 5.41) is 11.3. The number of carboxylic acids is 1. The Morgan fingerprint density at radius 2 is 2.00 bits per heavy atom. The van der Waals surface area contributed by atoms with Crippen molar-refractivity contribution >= 4 is 11.9 Å². The lowest BCUT2D eigenvalue weighted by molar-refractivity contribution is -0.142. The molecule has 15 heavy (non-hydrogen) atoms. The van der Waals surface area contributed by atoms with Gasteiger partial charge in [-0.05, 0) is 20.3 Å². The van der Waals surface area contributed by atoms with E-state index in [1.807, 2.05) is 6.92 Å². The Bertz CT molecular complexity index is 233. The molecule has 0 aromatic heterocycles. The van der Waals surface area contributed by atoms with Crippen molar-refractivity contribution in [3.8, 4) is 0 Å². The monoisotopic (exact) mass is 216 g/mol. The number of aliphatic carboxylic acids is 1. The first kappa shape index (κ1) is 13.9. The quantitative estimate of drug-likeness (QED) is 0.602. The van der Waals surface area contributed by atoms with E-state index < -0.39 is 23.5 Å². The zero-order valence-corrected chi connectivity index (χ0v) is 9.54. The lowest BCUT2D eigenvalue weighted by Gasteiger charge is -2.21. The third kappa shape index (κ3) is 5.37. The third-order valence-corrected chi connectivity index (χ3v) is 2.03. The van der Waals surface area contributed by atoms with Crippen LogP contribution in [-0.4, -0.2) is 28.6 Å². The van der Waals surface area contributed by atoms with Crippen LogP contribution < -0.4 is 11.1 Å². The summed E-state index contributed by atoms with van der Waals surface area (Å²) in [6.07, 6.45) is 2.10. The van der Waals surface area contributed by atoms with Crippen molar-refractivity contribution in [1.29, 1.82) is 0 Å². The van der Waals surface area contributed by atoms with Crippen LogP contribution >= 0.6 is 0 Å². The number of hydrogen-bond acceptors (Lipinski definition) is 3. The van der Waals surface area contributed by atoms with Crippen molar-refractivity contribution in [2.24, 2.45) is 5.73 Å². The van der Waals surface area contributed by atoms with E-state index >= 15 is 0 Å². The molecule has 0 aliphatic rings. The van der Waals surface area contributed by atoms with Crippen LogP contribution in [0.1, 0.15) is 40.0 Å². The second kappa shape index (κ2) is 5.70. The van der Waals surface area contributed by atoms with Gasteiger partial charge in [0.25, 0.3) is 0 Å². The molecule has 5 heteroatoms. The number of carboxylic acid groups (broad SMARTS) is 1. The molecule has 0 heterocycles. The summed E-state index contributed by atoms with van der Waals surface area (Å²) >= 11 is 0. The van der Waals surface area contributed by atoms with Gasteiger partial charge < -0.3 is 16.2 Å². The number of carbonyl (C=O) groups excluding carboxylic acids is 1. The Kier molecular flexibility index (Phi) is 5.28. The molecule has 0 aliphatic heterocycles. The predicted molar refractivity (Wildman–Crippen MR) is 57.4 cm³/mol. The zero-order valence-electron chi connectivity index (χ0n) is 9.54. The van der Waals surface area contributed by atoms with Crippen molar-refractivity contribution in [2.45, 2.75) is 51.6 Å². The molecule has 0 aromatic carbocycles. The van der Waals surface area contributed by atoms with Crippen molar-refractivity contribution in [3.63, 3.8) is 0 Å². The molecule has 4 N–H and O–H groups in total. The lowest BCUT2D eigenvalue weighted by atomic mass is 10.0. The largest absolute Gasteiger partial charge is 0.480 e. The molecule has 0 fully saturated rings. The summed E-state index contributed by atoms with van der Waals surface area (Å²) in [5.74, 6) is -1.45. The van der Waals surface area contributed by atoms with Crippen molar-refractivity contribution in [1.82, 2.24) is 5.32 Å². The minimum Gasteiger partial charge on any atom is -0.480 e. The highest BCUT2D eigenvalue weighted by Crippen LogP contribution is 2.03. The molecule has 1 amide bonds. The normalized spacial score (nSPS) is 13.3. The fourth-order valence-electron chi connectivity index (χ4n) is 1.01. The molecule has 5 nitrogen and oxygen atoms in total. The maximum atomic E-state index is 11.4. The maximum absolute atomic E-state index is 11.4. The summed E-state index contributed by atoms with van der Waals surface area (Å²) in [6, 6.07) is -0.833. The number of nitrogens with one attached hydrogen (secondary N) is 1. The average molecular weight is 216 g/mol. The van der Waals surface area contributed by atoms with Gasteiger partial charge in [-0.2, -0.15) is 0 Å². The second-order valence-corrected chi connectivity index (χ2v) is 4.23. The van der Waals surface area contributed by atoms with E-state index in [1.54, 1.807) is 13.8 Å². The van der Waals surface area contributed by atoms with Gasteiger partial charge in [0.2, 0.25) is 5.91 Å². The fraction of sp³-hybridized carbons (Fsp3) is 0.800. The second-order valence-electron chi connectivity index (χ2n) is 4.23. The highest BCUT2D eigenvalue weighted by molar-refractivity contribution is 5.89. The Labute approximate surface area is 90.0 Å². The molecule has 0 unspecified atom stereocenters. The number of unbranched alkanes of at least 4 members (excludes halogenated alkanes) is 1.